The van der Waals surface area contributed by atoms with Gasteiger partial charge in [0.1, 0.15) is 0 Å². The molecule has 3 rings (SSSR count). The molecule has 2 amide bonds. The number of benzene rings is 2. The van der Waals surface area contributed by atoms with Crippen LogP contribution < -0.4 is 11.1 Å². The van der Waals surface area contributed by atoms with Gasteiger partial charge in [-0.25, -0.2) is 0 Å². The summed E-state index contributed by atoms with van der Waals surface area (Å²) in [4.78, 5) is 23.1. The molecule has 0 saturated carbocycles. The van der Waals surface area contributed by atoms with Crippen LogP contribution in [0.3, 0.4) is 0 Å². The van der Waals surface area contributed by atoms with Gasteiger partial charge in [0.2, 0.25) is 5.91 Å². The number of nitrogen functional groups attached to an aromatic ring is 1. The minimum absolute atomic E-state index is 0.242. The molecule has 0 atom stereocenters. The fraction of sp³-hybridized carbons (Fsp3) is 0.0667. The molecule has 0 aliphatic carbocycles. The van der Waals surface area contributed by atoms with Crippen molar-refractivity contribution in [1.82, 2.24) is 5.32 Å². The Morgan fingerprint density at radius 2 is 1.79 bits per heavy atom. The molecule has 0 bridgehead atoms. The number of nitrogens with one attached hydrogen (secondary N) is 1. The number of para-hydroxylation sites is 1. The summed E-state index contributed by atoms with van der Waals surface area (Å²) in [5.41, 5.74) is 9.65. The molecule has 1 aliphatic rings. The number of fused-ring (bicyclic) bond motifs is 1. The minimum Gasteiger partial charge on any atom is -0.398 e. The van der Waals surface area contributed by atoms with E-state index < -0.39 is 0 Å². The molecule has 0 fully saturated rings. The summed E-state index contributed by atoms with van der Waals surface area (Å²) >= 11 is 0. The SMILES string of the molecule is Nc1ccccc1-c1ccc2c(c1)C(=O)NC(=O)C2. The lowest BCUT2D eigenvalue weighted by Crippen LogP contribution is -2.37. The van der Waals surface area contributed by atoms with Crippen molar-refractivity contribution < 1.29 is 9.59 Å². The van der Waals surface area contributed by atoms with Crippen LogP contribution in [0.1, 0.15) is 15.9 Å². The van der Waals surface area contributed by atoms with E-state index in [2.05, 4.69) is 5.32 Å². The zero-order valence-electron chi connectivity index (χ0n) is 10.1. The zero-order valence-corrected chi connectivity index (χ0v) is 10.1. The fourth-order valence-corrected chi connectivity index (χ4v) is 2.28. The third-order valence-electron chi connectivity index (χ3n) is 3.23. The molecule has 0 radical (unpaired) electrons. The van der Waals surface area contributed by atoms with Crippen LogP contribution in [-0.2, 0) is 11.2 Å². The molecule has 0 unspecified atom stereocenters. The van der Waals surface area contributed by atoms with E-state index in [0.717, 1.165) is 16.7 Å². The van der Waals surface area contributed by atoms with Crippen LogP contribution in [0.4, 0.5) is 5.69 Å². The fourth-order valence-electron chi connectivity index (χ4n) is 2.28. The Balaban J connectivity index is 2.12. The lowest BCUT2D eigenvalue weighted by molar-refractivity contribution is -0.119. The second-order valence-electron chi connectivity index (χ2n) is 4.51. The second-order valence-corrected chi connectivity index (χ2v) is 4.51. The molecule has 0 aromatic heterocycles. The number of imide groups is 1. The van der Waals surface area contributed by atoms with Crippen LogP contribution in [-0.4, -0.2) is 11.8 Å². The van der Waals surface area contributed by atoms with Gasteiger partial charge in [-0.3, -0.25) is 14.9 Å². The van der Waals surface area contributed by atoms with Crippen LogP contribution in [0.5, 0.6) is 0 Å². The number of amides is 2. The number of hydrogen-bond acceptors (Lipinski definition) is 3. The van der Waals surface area contributed by atoms with E-state index >= 15 is 0 Å². The predicted octanol–water partition coefficient (Wildman–Crippen LogP) is 1.75. The van der Waals surface area contributed by atoms with Gasteiger partial charge in [-0.15, -0.1) is 0 Å². The number of carbonyl (C=O) groups excluding carboxylic acids is 2. The van der Waals surface area contributed by atoms with Crippen LogP contribution >= 0.6 is 0 Å². The van der Waals surface area contributed by atoms with Gasteiger partial charge in [0.15, 0.2) is 0 Å². The Bertz CT molecular complexity index is 692. The van der Waals surface area contributed by atoms with Crippen LogP contribution in [0.25, 0.3) is 11.1 Å². The first-order valence-corrected chi connectivity index (χ1v) is 5.97. The largest absolute Gasteiger partial charge is 0.398 e. The third kappa shape index (κ3) is 1.97. The van der Waals surface area contributed by atoms with Gasteiger partial charge in [-0.05, 0) is 23.3 Å². The molecule has 0 saturated heterocycles. The summed E-state index contributed by atoms with van der Waals surface area (Å²) in [5, 5.41) is 2.32. The van der Waals surface area contributed by atoms with Crippen molar-refractivity contribution in [2.75, 3.05) is 5.73 Å². The van der Waals surface area contributed by atoms with Crippen molar-refractivity contribution in [3.05, 3.63) is 53.6 Å². The van der Waals surface area contributed by atoms with Gasteiger partial charge in [0, 0.05) is 16.8 Å². The number of carbonyl (C=O) groups is 2. The molecule has 19 heavy (non-hydrogen) atoms. The Kier molecular flexibility index (Phi) is 2.56. The summed E-state index contributed by atoms with van der Waals surface area (Å²) < 4.78 is 0. The Hall–Kier alpha value is -2.62. The first-order valence-electron chi connectivity index (χ1n) is 5.97. The van der Waals surface area contributed by atoms with E-state index in [0.29, 0.717) is 11.3 Å². The molecule has 2 aromatic rings. The Morgan fingerprint density at radius 3 is 2.58 bits per heavy atom. The average Bonchev–Trinajstić information content (AvgIpc) is 2.39. The van der Waals surface area contributed by atoms with Gasteiger partial charge < -0.3 is 5.73 Å². The maximum absolute atomic E-state index is 11.8. The molecule has 1 aliphatic heterocycles. The molecule has 1 heterocycles. The van der Waals surface area contributed by atoms with Crippen molar-refractivity contribution in [2.24, 2.45) is 0 Å². The van der Waals surface area contributed by atoms with Crippen LogP contribution in [0.15, 0.2) is 42.5 Å². The smallest absolute Gasteiger partial charge is 0.258 e. The maximum Gasteiger partial charge on any atom is 0.258 e. The standard InChI is InChI=1S/C15H12N2O2/c16-13-4-2-1-3-11(13)9-5-6-10-8-14(18)17-15(19)12(10)7-9/h1-7H,8,16H2,(H,17,18,19). The first kappa shape index (κ1) is 11.5. The van der Waals surface area contributed by atoms with E-state index in [1.807, 2.05) is 36.4 Å². The summed E-state index contributed by atoms with van der Waals surface area (Å²) in [6.45, 7) is 0. The Labute approximate surface area is 110 Å². The summed E-state index contributed by atoms with van der Waals surface area (Å²) in [6.07, 6.45) is 0.242. The van der Waals surface area contributed by atoms with Crippen molar-refractivity contribution in [3.8, 4) is 11.1 Å². The monoisotopic (exact) mass is 252 g/mol. The highest BCUT2D eigenvalue weighted by Gasteiger charge is 2.22. The van der Waals surface area contributed by atoms with E-state index in [9.17, 15) is 9.59 Å². The summed E-state index contributed by atoms with van der Waals surface area (Å²) in [6, 6.07) is 13.0. The van der Waals surface area contributed by atoms with Crippen molar-refractivity contribution in [1.29, 1.82) is 0 Å². The molecule has 0 spiro atoms. The van der Waals surface area contributed by atoms with Crippen molar-refractivity contribution in [2.45, 2.75) is 6.42 Å². The van der Waals surface area contributed by atoms with Gasteiger partial charge in [0.05, 0.1) is 6.42 Å². The minimum atomic E-state index is -0.345. The normalized spacial score (nSPS) is 13.9. The van der Waals surface area contributed by atoms with Crippen LogP contribution in [0.2, 0.25) is 0 Å². The number of hydrogen-bond donors (Lipinski definition) is 2. The number of nitrogens with two attached hydrogens (primary N) is 1. The summed E-state index contributed by atoms with van der Waals surface area (Å²) in [5.74, 6) is -0.605. The van der Waals surface area contributed by atoms with E-state index in [1.54, 1.807) is 6.07 Å². The quantitative estimate of drug-likeness (QED) is 0.600. The van der Waals surface area contributed by atoms with E-state index in [-0.39, 0.29) is 18.2 Å². The van der Waals surface area contributed by atoms with Crippen LogP contribution in [0, 0.1) is 0 Å². The lowest BCUT2D eigenvalue weighted by Gasteiger charge is -2.16. The van der Waals surface area contributed by atoms with Crippen molar-refractivity contribution >= 4 is 17.5 Å². The topological polar surface area (TPSA) is 72.2 Å². The summed E-state index contributed by atoms with van der Waals surface area (Å²) in [7, 11) is 0. The van der Waals surface area contributed by atoms with E-state index in [4.69, 9.17) is 5.73 Å². The van der Waals surface area contributed by atoms with Gasteiger partial charge in [-0.2, -0.15) is 0 Å². The van der Waals surface area contributed by atoms with Gasteiger partial charge in [0.25, 0.3) is 5.91 Å². The molecular weight excluding hydrogens is 240 g/mol. The highest BCUT2D eigenvalue weighted by molar-refractivity contribution is 6.10. The molecule has 94 valence electrons. The van der Waals surface area contributed by atoms with Gasteiger partial charge >= 0.3 is 0 Å². The Morgan fingerprint density at radius 1 is 1.00 bits per heavy atom. The molecule has 4 heteroatoms. The predicted molar refractivity (Wildman–Crippen MR) is 72.5 cm³/mol. The maximum atomic E-state index is 11.8. The number of rotatable bonds is 1. The third-order valence-corrected chi connectivity index (χ3v) is 3.23. The van der Waals surface area contributed by atoms with Crippen molar-refractivity contribution in [3.63, 3.8) is 0 Å². The lowest BCUT2D eigenvalue weighted by atomic mass is 9.94. The molecule has 3 N–H and O–H groups in total. The molecule has 2 aromatic carbocycles. The number of anilines is 1. The average molecular weight is 252 g/mol. The van der Waals surface area contributed by atoms with E-state index in [1.165, 1.54) is 0 Å². The first-order chi connectivity index (χ1) is 9.15. The van der Waals surface area contributed by atoms with Gasteiger partial charge in [-0.1, -0.05) is 30.3 Å². The molecule has 4 nitrogen and oxygen atoms in total. The highest BCUT2D eigenvalue weighted by atomic mass is 16.2. The zero-order chi connectivity index (χ0) is 13.4. The second kappa shape index (κ2) is 4.24. The molecular formula is C15H12N2O2. The highest BCUT2D eigenvalue weighted by Crippen LogP contribution is 2.28.